The third-order valence-corrected chi connectivity index (χ3v) is 1.11. The lowest BCUT2D eigenvalue weighted by atomic mass is 10.2. The Kier molecular flexibility index (Phi) is 1.65. The van der Waals surface area contributed by atoms with Crippen LogP contribution in [-0.2, 0) is 4.84 Å². The highest BCUT2D eigenvalue weighted by Gasteiger charge is 2.07. The summed E-state index contributed by atoms with van der Waals surface area (Å²) < 4.78 is 0. The summed E-state index contributed by atoms with van der Waals surface area (Å²) in [5.41, 5.74) is 3.76. The van der Waals surface area contributed by atoms with Gasteiger partial charge in [0.25, 0.3) is 0 Å². The Hall–Kier alpha value is -0.0800. The van der Waals surface area contributed by atoms with E-state index in [-0.39, 0.29) is 0 Å². The molecule has 2 nitrogen and oxygen atoms in total. The molecule has 1 fully saturated rings. The van der Waals surface area contributed by atoms with E-state index in [0.717, 1.165) is 6.54 Å². The fourth-order valence-corrected chi connectivity index (χ4v) is 0.676. The van der Waals surface area contributed by atoms with Crippen molar-refractivity contribution in [3.05, 3.63) is 0 Å². The summed E-state index contributed by atoms with van der Waals surface area (Å²) in [6, 6.07) is 0. The Balaban J connectivity index is 2.12. The van der Waals surface area contributed by atoms with Crippen LogP contribution in [0.25, 0.3) is 0 Å². The van der Waals surface area contributed by atoms with Gasteiger partial charge in [-0.15, -0.1) is 0 Å². The number of hydrogen-bond acceptors (Lipinski definition) is 1. The van der Waals surface area contributed by atoms with E-state index in [1.165, 1.54) is 12.8 Å². The fraction of sp³-hybridized carbons (Fsp3) is 1.00. The predicted molar refractivity (Wildman–Crippen MR) is 26.8 cm³/mol. The standard InChI is InChI=1S/C5H10NO/c1-5-3-2-4-6-7-5/h5H,2-4H2,1H3. The van der Waals surface area contributed by atoms with Gasteiger partial charge < -0.3 is 0 Å². The van der Waals surface area contributed by atoms with Gasteiger partial charge in [-0.25, -0.2) is 0 Å². The topological polar surface area (TPSA) is 23.3 Å². The van der Waals surface area contributed by atoms with Crippen LogP contribution in [0.3, 0.4) is 0 Å². The first-order valence-corrected chi connectivity index (χ1v) is 2.72. The summed E-state index contributed by atoms with van der Waals surface area (Å²) in [5, 5.41) is 0. The van der Waals surface area contributed by atoms with Gasteiger partial charge in [0.2, 0.25) is 0 Å². The molecule has 2 heteroatoms. The minimum absolute atomic E-state index is 0.369. The number of nitrogens with zero attached hydrogens (tertiary/aromatic N) is 1. The normalized spacial score (nSPS) is 33.0. The molecular weight excluding hydrogens is 90.1 g/mol. The maximum absolute atomic E-state index is 4.90. The SMILES string of the molecule is CC1CCC[N]O1. The van der Waals surface area contributed by atoms with Crippen LogP contribution in [0.1, 0.15) is 19.8 Å². The predicted octanol–water partition coefficient (Wildman–Crippen LogP) is 0.705. The minimum Gasteiger partial charge on any atom is -0.279 e. The molecule has 0 aromatic heterocycles. The molecular formula is C5H10NO. The maximum atomic E-state index is 4.90. The van der Waals surface area contributed by atoms with Crippen LogP contribution in [0.5, 0.6) is 0 Å². The van der Waals surface area contributed by atoms with Crippen molar-refractivity contribution in [1.82, 2.24) is 5.48 Å². The van der Waals surface area contributed by atoms with Gasteiger partial charge in [-0.1, -0.05) is 5.48 Å². The van der Waals surface area contributed by atoms with Crippen LogP contribution in [0.4, 0.5) is 0 Å². The molecule has 1 heterocycles. The van der Waals surface area contributed by atoms with E-state index >= 15 is 0 Å². The van der Waals surface area contributed by atoms with Gasteiger partial charge >= 0.3 is 0 Å². The molecule has 1 rings (SSSR count). The summed E-state index contributed by atoms with van der Waals surface area (Å²) in [5.74, 6) is 0. The van der Waals surface area contributed by atoms with Crippen molar-refractivity contribution in [2.45, 2.75) is 25.9 Å². The zero-order valence-electron chi connectivity index (χ0n) is 4.55. The van der Waals surface area contributed by atoms with Crippen LogP contribution in [-0.4, -0.2) is 12.6 Å². The summed E-state index contributed by atoms with van der Waals surface area (Å²) >= 11 is 0. The van der Waals surface area contributed by atoms with Gasteiger partial charge in [0, 0.05) is 6.54 Å². The Bertz CT molecular complexity index is 50.0. The van der Waals surface area contributed by atoms with Gasteiger partial charge in [-0.2, -0.15) is 0 Å². The van der Waals surface area contributed by atoms with Crippen molar-refractivity contribution >= 4 is 0 Å². The summed E-state index contributed by atoms with van der Waals surface area (Å²) in [7, 11) is 0. The lowest BCUT2D eigenvalue weighted by Crippen LogP contribution is -2.23. The number of rotatable bonds is 0. The number of hydrogen-bond donors (Lipinski definition) is 0. The fourth-order valence-electron chi connectivity index (χ4n) is 0.676. The zero-order valence-corrected chi connectivity index (χ0v) is 4.55. The van der Waals surface area contributed by atoms with Gasteiger partial charge in [0.05, 0.1) is 6.10 Å². The Morgan fingerprint density at radius 3 is 2.86 bits per heavy atom. The van der Waals surface area contributed by atoms with E-state index in [0.29, 0.717) is 6.10 Å². The van der Waals surface area contributed by atoms with Gasteiger partial charge in [-0.05, 0) is 19.8 Å². The molecule has 0 aromatic rings. The van der Waals surface area contributed by atoms with Crippen LogP contribution in [0.2, 0.25) is 0 Å². The molecule has 0 spiro atoms. The van der Waals surface area contributed by atoms with Crippen LogP contribution < -0.4 is 5.48 Å². The quantitative estimate of drug-likeness (QED) is 0.439. The average molecular weight is 100 g/mol. The highest BCUT2D eigenvalue weighted by molar-refractivity contribution is 4.53. The molecule has 7 heavy (non-hydrogen) atoms. The monoisotopic (exact) mass is 100 g/mol. The van der Waals surface area contributed by atoms with Gasteiger partial charge in [-0.3, -0.25) is 4.84 Å². The maximum Gasteiger partial charge on any atom is 0.0783 e. The summed E-state index contributed by atoms with van der Waals surface area (Å²) in [6.07, 6.45) is 2.73. The second-order valence-electron chi connectivity index (χ2n) is 1.91. The van der Waals surface area contributed by atoms with Gasteiger partial charge in [0.1, 0.15) is 0 Å². The molecule has 1 saturated heterocycles. The zero-order chi connectivity index (χ0) is 5.11. The molecule has 1 radical (unpaired) electrons. The minimum atomic E-state index is 0.369. The molecule has 0 amide bonds. The Labute approximate surface area is 43.8 Å². The van der Waals surface area contributed by atoms with Crippen molar-refractivity contribution in [3.8, 4) is 0 Å². The number of hydroxylamine groups is 1. The van der Waals surface area contributed by atoms with E-state index in [1.807, 2.05) is 6.92 Å². The first kappa shape index (κ1) is 5.06. The third-order valence-electron chi connectivity index (χ3n) is 1.11. The van der Waals surface area contributed by atoms with E-state index in [2.05, 4.69) is 5.48 Å². The van der Waals surface area contributed by atoms with Crippen LogP contribution in [0.15, 0.2) is 0 Å². The van der Waals surface area contributed by atoms with E-state index in [9.17, 15) is 0 Å². The third kappa shape index (κ3) is 1.45. The van der Waals surface area contributed by atoms with Crippen molar-refractivity contribution in [1.29, 1.82) is 0 Å². The average Bonchev–Trinajstić information content (AvgIpc) is 1.69. The van der Waals surface area contributed by atoms with Crippen molar-refractivity contribution in [3.63, 3.8) is 0 Å². The van der Waals surface area contributed by atoms with E-state index < -0.39 is 0 Å². The molecule has 41 valence electrons. The molecule has 1 aliphatic heterocycles. The molecule has 1 aliphatic rings. The Morgan fingerprint density at radius 2 is 2.57 bits per heavy atom. The van der Waals surface area contributed by atoms with E-state index in [4.69, 9.17) is 4.84 Å². The summed E-state index contributed by atoms with van der Waals surface area (Å²) in [4.78, 5) is 4.90. The first-order chi connectivity index (χ1) is 3.39. The lowest BCUT2D eigenvalue weighted by Gasteiger charge is -2.15. The van der Waals surface area contributed by atoms with Crippen molar-refractivity contribution < 1.29 is 4.84 Å². The first-order valence-electron chi connectivity index (χ1n) is 2.72. The van der Waals surface area contributed by atoms with Crippen LogP contribution >= 0.6 is 0 Å². The van der Waals surface area contributed by atoms with Gasteiger partial charge in [0.15, 0.2) is 0 Å². The molecule has 0 N–H and O–H groups in total. The van der Waals surface area contributed by atoms with E-state index in [1.54, 1.807) is 0 Å². The lowest BCUT2D eigenvalue weighted by molar-refractivity contribution is -0.0518. The van der Waals surface area contributed by atoms with Crippen LogP contribution in [0, 0.1) is 0 Å². The summed E-state index contributed by atoms with van der Waals surface area (Å²) in [6.45, 7) is 2.94. The molecule has 0 saturated carbocycles. The second-order valence-corrected chi connectivity index (χ2v) is 1.91. The molecule has 0 bridgehead atoms. The Morgan fingerprint density at radius 1 is 1.71 bits per heavy atom. The second kappa shape index (κ2) is 2.28. The molecule has 0 aromatic carbocycles. The largest absolute Gasteiger partial charge is 0.279 e. The molecule has 0 aliphatic carbocycles. The smallest absolute Gasteiger partial charge is 0.0783 e. The van der Waals surface area contributed by atoms with Crippen molar-refractivity contribution in [2.24, 2.45) is 0 Å². The molecule has 1 unspecified atom stereocenters. The molecule has 1 atom stereocenters. The highest BCUT2D eigenvalue weighted by Crippen LogP contribution is 2.04. The highest BCUT2D eigenvalue weighted by atomic mass is 16.7. The van der Waals surface area contributed by atoms with Crippen molar-refractivity contribution in [2.75, 3.05) is 6.54 Å².